The van der Waals surface area contributed by atoms with Crippen molar-refractivity contribution >= 4 is 5.97 Å². The fourth-order valence-electron chi connectivity index (χ4n) is 2.99. The third-order valence-electron chi connectivity index (χ3n) is 4.00. The Balaban J connectivity index is 1.92. The van der Waals surface area contributed by atoms with Gasteiger partial charge in [0.1, 0.15) is 6.04 Å². The van der Waals surface area contributed by atoms with Crippen LogP contribution >= 0.6 is 0 Å². The maximum Gasteiger partial charge on any atom is 0.324 e. The fourth-order valence-corrected chi connectivity index (χ4v) is 2.99. The number of nitrogens with one attached hydrogen (secondary N) is 1. The van der Waals surface area contributed by atoms with E-state index in [2.05, 4.69) is 40.5 Å². The molecule has 0 radical (unpaired) electrons. The summed E-state index contributed by atoms with van der Waals surface area (Å²) in [5.74, 6) is 0.399. The molecule has 1 aliphatic rings. The molecule has 0 aromatic heterocycles. The lowest BCUT2D eigenvalue weighted by Gasteiger charge is -2.24. The zero-order valence-corrected chi connectivity index (χ0v) is 13.2. The van der Waals surface area contributed by atoms with Gasteiger partial charge in [0.2, 0.25) is 0 Å². The van der Waals surface area contributed by atoms with E-state index in [9.17, 15) is 4.79 Å². The lowest BCUT2D eigenvalue weighted by atomic mass is 9.99. The SMILES string of the molecule is COC(=O)C(CN1CCC(c2ccccc2)C1)NC(C)C. The van der Waals surface area contributed by atoms with Crippen molar-refractivity contribution in [3.8, 4) is 0 Å². The first-order valence-electron chi connectivity index (χ1n) is 7.71. The number of hydrogen-bond acceptors (Lipinski definition) is 4. The summed E-state index contributed by atoms with van der Waals surface area (Å²) in [5.41, 5.74) is 1.39. The Labute approximate surface area is 127 Å². The van der Waals surface area contributed by atoms with E-state index >= 15 is 0 Å². The second-order valence-electron chi connectivity index (χ2n) is 6.05. The van der Waals surface area contributed by atoms with Crippen LogP contribution < -0.4 is 5.32 Å². The molecule has 0 saturated carbocycles. The quantitative estimate of drug-likeness (QED) is 0.814. The molecule has 1 aromatic carbocycles. The lowest BCUT2D eigenvalue weighted by Crippen LogP contribution is -2.48. The van der Waals surface area contributed by atoms with Crippen LogP contribution in [0.4, 0.5) is 0 Å². The minimum atomic E-state index is -0.246. The molecule has 116 valence electrons. The van der Waals surface area contributed by atoms with Crippen molar-refractivity contribution in [3.05, 3.63) is 35.9 Å². The summed E-state index contributed by atoms with van der Waals surface area (Å²) >= 11 is 0. The molecule has 2 rings (SSSR count). The van der Waals surface area contributed by atoms with Crippen LogP contribution in [0.5, 0.6) is 0 Å². The van der Waals surface area contributed by atoms with Gasteiger partial charge in [0.05, 0.1) is 7.11 Å². The van der Waals surface area contributed by atoms with Crippen LogP contribution in [0.3, 0.4) is 0 Å². The molecular formula is C17H26N2O2. The van der Waals surface area contributed by atoms with Crippen LogP contribution in [0.25, 0.3) is 0 Å². The van der Waals surface area contributed by atoms with Gasteiger partial charge in [-0.1, -0.05) is 44.2 Å². The Morgan fingerprint density at radius 2 is 2.10 bits per heavy atom. The first-order chi connectivity index (χ1) is 10.1. The van der Waals surface area contributed by atoms with E-state index in [1.165, 1.54) is 12.7 Å². The Bertz CT molecular complexity index is 447. The van der Waals surface area contributed by atoms with Gasteiger partial charge in [-0.2, -0.15) is 0 Å². The van der Waals surface area contributed by atoms with Crippen molar-refractivity contribution in [1.29, 1.82) is 0 Å². The van der Waals surface area contributed by atoms with E-state index in [1.54, 1.807) is 0 Å². The van der Waals surface area contributed by atoms with Crippen LogP contribution in [-0.4, -0.2) is 49.7 Å². The highest BCUT2D eigenvalue weighted by atomic mass is 16.5. The zero-order valence-electron chi connectivity index (χ0n) is 13.2. The van der Waals surface area contributed by atoms with Gasteiger partial charge in [0, 0.05) is 19.1 Å². The van der Waals surface area contributed by atoms with Crippen LogP contribution in [0, 0.1) is 0 Å². The molecule has 0 bridgehead atoms. The molecule has 0 spiro atoms. The minimum absolute atomic E-state index is 0.174. The number of rotatable bonds is 6. The number of hydrogen-bond donors (Lipinski definition) is 1. The molecule has 21 heavy (non-hydrogen) atoms. The zero-order chi connectivity index (χ0) is 15.2. The molecule has 1 aliphatic heterocycles. The van der Waals surface area contributed by atoms with Crippen molar-refractivity contribution in [3.63, 3.8) is 0 Å². The highest BCUT2D eigenvalue weighted by molar-refractivity contribution is 5.76. The molecule has 4 heteroatoms. The van der Waals surface area contributed by atoms with Crippen molar-refractivity contribution < 1.29 is 9.53 Å². The Hall–Kier alpha value is -1.39. The molecule has 1 fully saturated rings. The third-order valence-corrected chi connectivity index (χ3v) is 4.00. The molecule has 4 nitrogen and oxygen atoms in total. The molecule has 2 atom stereocenters. The molecule has 1 heterocycles. The highest BCUT2D eigenvalue weighted by Crippen LogP contribution is 2.26. The van der Waals surface area contributed by atoms with E-state index in [-0.39, 0.29) is 18.1 Å². The van der Waals surface area contributed by atoms with Gasteiger partial charge in [-0.15, -0.1) is 0 Å². The minimum Gasteiger partial charge on any atom is -0.468 e. The Kier molecular flexibility index (Phi) is 5.76. The van der Waals surface area contributed by atoms with Gasteiger partial charge in [-0.05, 0) is 24.4 Å². The lowest BCUT2D eigenvalue weighted by molar-refractivity contribution is -0.143. The van der Waals surface area contributed by atoms with Crippen LogP contribution in [0.2, 0.25) is 0 Å². The monoisotopic (exact) mass is 290 g/mol. The topological polar surface area (TPSA) is 41.6 Å². The summed E-state index contributed by atoms with van der Waals surface area (Å²) in [5, 5.41) is 3.30. The summed E-state index contributed by atoms with van der Waals surface area (Å²) in [4.78, 5) is 14.2. The smallest absolute Gasteiger partial charge is 0.324 e. The molecule has 1 N–H and O–H groups in total. The van der Waals surface area contributed by atoms with Crippen LogP contribution in [0.15, 0.2) is 30.3 Å². The van der Waals surface area contributed by atoms with Gasteiger partial charge >= 0.3 is 5.97 Å². The number of carbonyl (C=O) groups excluding carboxylic acids is 1. The number of benzene rings is 1. The molecule has 1 aromatic rings. The number of methoxy groups -OCH3 is 1. The average molecular weight is 290 g/mol. The standard InChI is InChI=1S/C17H26N2O2/c1-13(2)18-16(17(20)21-3)12-19-10-9-15(11-19)14-7-5-4-6-8-14/h4-8,13,15-16,18H,9-12H2,1-3H3. The van der Waals surface area contributed by atoms with Crippen molar-refractivity contribution in [2.45, 2.75) is 38.3 Å². The fraction of sp³-hybridized carbons (Fsp3) is 0.588. The number of nitrogens with zero attached hydrogens (tertiary/aromatic N) is 1. The molecule has 0 amide bonds. The number of carbonyl (C=O) groups is 1. The average Bonchev–Trinajstić information content (AvgIpc) is 2.95. The van der Waals surface area contributed by atoms with E-state index in [0.29, 0.717) is 12.5 Å². The molecule has 1 saturated heterocycles. The Morgan fingerprint density at radius 1 is 1.38 bits per heavy atom. The summed E-state index contributed by atoms with van der Waals surface area (Å²) in [6, 6.07) is 10.6. The molecular weight excluding hydrogens is 264 g/mol. The number of ether oxygens (including phenoxy) is 1. The van der Waals surface area contributed by atoms with Gasteiger partial charge in [-0.3, -0.25) is 4.79 Å². The van der Waals surface area contributed by atoms with E-state index in [0.717, 1.165) is 19.5 Å². The van der Waals surface area contributed by atoms with Gasteiger partial charge in [0.25, 0.3) is 0 Å². The van der Waals surface area contributed by atoms with E-state index < -0.39 is 0 Å². The van der Waals surface area contributed by atoms with Gasteiger partial charge in [-0.25, -0.2) is 0 Å². The maximum absolute atomic E-state index is 11.9. The summed E-state index contributed by atoms with van der Waals surface area (Å²) in [6.07, 6.45) is 1.15. The van der Waals surface area contributed by atoms with Crippen molar-refractivity contribution in [2.75, 3.05) is 26.7 Å². The predicted octanol–water partition coefficient (Wildman–Crippen LogP) is 2.02. The van der Waals surface area contributed by atoms with Gasteiger partial charge in [0.15, 0.2) is 0 Å². The van der Waals surface area contributed by atoms with E-state index in [4.69, 9.17) is 4.74 Å². The van der Waals surface area contributed by atoms with Crippen molar-refractivity contribution in [1.82, 2.24) is 10.2 Å². The maximum atomic E-state index is 11.9. The largest absolute Gasteiger partial charge is 0.468 e. The Morgan fingerprint density at radius 3 is 2.71 bits per heavy atom. The number of esters is 1. The van der Waals surface area contributed by atoms with Crippen LogP contribution in [0.1, 0.15) is 31.7 Å². The summed E-state index contributed by atoms with van der Waals surface area (Å²) in [6.45, 7) is 6.86. The predicted molar refractivity (Wildman–Crippen MR) is 84.3 cm³/mol. The van der Waals surface area contributed by atoms with Crippen molar-refractivity contribution in [2.24, 2.45) is 0 Å². The molecule has 0 aliphatic carbocycles. The second-order valence-corrected chi connectivity index (χ2v) is 6.05. The van der Waals surface area contributed by atoms with Gasteiger partial charge < -0.3 is 15.0 Å². The summed E-state index contributed by atoms with van der Waals surface area (Å²) < 4.78 is 4.91. The number of likely N-dealkylation sites (tertiary alicyclic amines) is 1. The summed E-state index contributed by atoms with van der Waals surface area (Å²) in [7, 11) is 1.45. The second kappa shape index (κ2) is 7.57. The molecule has 2 unspecified atom stereocenters. The highest BCUT2D eigenvalue weighted by Gasteiger charge is 2.28. The van der Waals surface area contributed by atoms with Crippen LogP contribution in [-0.2, 0) is 9.53 Å². The first-order valence-corrected chi connectivity index (χ1v) is 7.71. The normalized spacial score (nSPS) is 20.7. The van der Waals surface area contributed by atoms with E-state index in [1.807, 2.05) is 13.8 Å². The first kappa shape index (κ1) is 16.0. The third kappa shape index (κ3) is 4.55.